The molecule has 0 aliphatic carbocycles. The monoisotopic (exact) mass is 415 g/mol. The summed E-state index contributed by atoms with van der Waals surface area (Å²) in [6, 6.07) is 15.1. The number of nitriles is 1. The average Bonchev–Trinajstić information content (AvgIpc) is 2.77. The fourth-order valence-electron chi connectivity index (χ4n) is 2.43. The van der Waals surface area contributed by atoms with Gasteiger partial charge in [-0.05, 0) is 36.4 Å². The van der Waals surface area contributed by atoms with Crippen molar-refractivity contribution < 1.29 is 23.8 Å². The molecule has 8 nitrogen and oxygen atoms in total. The first-order chi connectivity index (χ1) is 14.6. The molecule has 160 valence electrons. The third-order valence-electron chi connectivity index (χ3n) is 3.86. The minimum Gasteiger partial charge on any atom is -0.491 e. The van der Waals surface area contributed by atoms with Crippen LogP contribution >= 0.6 is 0 Å². The van der Waals surface area contributed by atoms with E-state index in [1.807, 2.05) is 6.07 Å². The maximum absolute atomic E-state index is 12.1. The van der Waals surface area contributed by atoms with Gasteiger partial charge in [0.1, 0.15) is 43.6 Å². The van der Waals surface area contributed by atoms with E-state index in [0.717, 1.165) is 0 Å². The number of nitrogens with one attached hydrogen (secondary N) is 3. The predicted molar refractivity (Wildman–Crippen MR) is 110 cm³/mol. The fourth-order valence-corrected chi connectivity index (χ4v) is 2.43. The Hall–Kier alpha value is -3.35. The van der Waals surface area contributed by atoms with E-state index in [9.17, 15) is 14.3 Å². The number of para-hydroxylation sites is 1. The van der Waals surface area contributed by atoms with Crippen LogP contribution in [0, 0.1) is 11.3 Å². The first-order valence-electron chi connectivity index (χ1n) is 9.46. The summed E-state index contributed by atoms with van der Waals surface area (Å²) in [5.74, 6) is 0.959. The van der Waals surface area contributed by atoms with Crippen LogP contribution in [0.25, 0.3) is 0 Å². The highest BCUT2D eigenvalue weighted by Gasteiger charge is 2.08. The number of carbonyl (C=O) groups excluding carboxylic acids is 1. The van der Waals surface area contributed by atoms with Crippen LogP contribution in [0.4, 0.5) is 14.9 Å². The molecule has 0 heterocycles. The Morgan fingerprint density at radius 3 is 2.63 bits per heavy atom. The number of anilines is 1. The van der Waals surface area contributed by atoms with Crippen molar-refractivity contribution in [2.24, 2.45) is 0 Å². The molecule has 0 aliphatic rings. The first kappa shape index (κ1) is 22.9. The molecule has 0 radical (unpaired) electrons. The molecule has 0 bridgehead atoms. The maximum Gasteiger partial charge on any atom is 0.319 e. The van der Waals surface area contributed by atoms with E-state index in [1.165, 1.54) is 0 Å². The fraction of sp³-hybridized carbons (Fsp3) is 0.333. The zero-order valence-corrected chi connectivity index (χ0v) is 16.4. The van der Waals surface area contributed by atoms with Crippen LogP contribution in [0.1, 0.15) is 5.56 Å². The summed E-state index contributed by atoms with van der Waals surface area (Å²) in [7, 11) is 0. The largest absolute Gasteiger partial charge is 0.491 e. The molecule has 2 aromatic carbocycles. The highest BCUT2D eigenvalue weighted by Crippen LogP contribution is 2.17. The number of hydrogen-bond acceptors (Lipinski definition) is 6. The SMILES string of the molecule is N#Cc1ccccc1OC[C@@H](O)CNCCNC(=O)Nc1ccc(OCC[18F])cc1. The number of aliphatic hydroxyl groups excluding tert-OH is 1. The number of urea groups is 1. The Bertz CT molecular complexity index is 827. The Kier molecular flexibility index (Phi) is 9.92. The highest BCUT2D eigenvalue weighted by molar-refractivity contribution is 5.89. The molecule has 0 spiro atoms. The Labute approximate surface area is 174 Å². The molecule has 2 amide bonds. The number of amides is 2. The smallest absolute Gasteiger partial charge is 0.319 e. The lowest BCUT2D eigenvalue weighted by atomic mass is 10.2. The van der Waals surface area contributed by atoms with Gasteiger partial charge in [0, 0.05) is 25.3 Å². The van der Waals surface area contributed by atoms with Gasteiger partial charge < -0.3 is 30.5 Å². The molecular weight excluding hydrogens is 390 g/mol. The molecule has 1 atom stereocenters. The van der Waals surface area contributed by atoms with Crippen molar-refractivity contribution in [2.45, 2.75) is 6.10 Å². The van der Waals surface area contributed by atoms with Gasteiger partial charge >= 0.3 is 6.03 Å². The summed E-state index contributed by atoms with van der Waals surface area (Å²) in [6.45, 7) is 0.566. The number of hydrogen-bond donors (Lipinski definition) is 4. The zero-order valence-electron chi connectivity index (χ0n) is 16.4. The summed E-state index contributed by atoms with van der Waals surface area (Å²) in [6.07, 6.45) is -0.760. The van der Waals surface area contributed by atoms with Gasteiger partial charge in [0.15, 0.2) is 0 Å². The van der Waals surface area contributed by atoms with E-state index in [0.29, 0.717) is 35.8 Å². The molecule has 4 N–H and O–H groups in total. The van der Waals surface area contributed by atoms with E-state index in [4.69, 9.17) is 14.7 Å². The quantitative estimate of drug-likeness (QED) is 0.395. The molecule has 9 heteroatoms. The van der Waals surface area contributed by atoms with Gasteiger partial charge in [0.25, 0.3) is 0 Å². The lowest BCUT2D eigenvalue weighted by molar-refractivity contribution is 0.106. The van der Waals surface area contributed by atoms with Gasteiger partial charge in [-0.2, -0.15) is 5.26 Å². The molecule has 0 unspecified atom stereocenters. The molecule has 0 saturated carbocycles. The van der Waals surface area contributed by atoms with Crippen LogP contribution in [-0.2, 0) is 0 Å². The van der Waals surface area contributed by atoms with Crippen LogP contribution in [0.15, 0.2) is 48.5 Å². The second kappa shape index (κ2) is 13.0. The van der Waals surface area contributed by atoms with E-state index < -0.39 is 12.8 Å². The van der Waals surface area contributed by atoms with Gasteiger partial charge in [-0.25, -0.2) is 9.18 Å². The van der Waals surface area contributed by atoms with Crippen molar-refractivity contribution in [1.29, 1.82) is 5.26 Å². The van der Waals surface area contributed by atoms with Crippen LogP contribution in [0.3, 0.4) is 0 Å². The van der Waals surface area contributed by atoms with Crippen LogP contribution in [0.5, 0.6) is 11.5 Å². The van der Waals surface area contributed by atoms with Crippen LogP contribution in [0.2, 0.25) is 0 Å². The van der Waals surface area contributed by atoms with Gasteiger partial charge in [-0.3, -0.25) is 0 Å². The second-order valence-corrected chi connectivity index (χ2v) is 6.22. The van der Waals surface area contributed by atoms with Crippen molar-refractivity contribution in [1.82, 2.24) is 10.6 Å². The van der Waals surface area contributed by atoms with Crippen molar-refractivity contribution in [3.05, 3.63) is 54.1 Å². The Morgan fingerprint density at radius 2 is 1.90 bits per heavy atom. The van der Waals surface area contributed by atoms with Crippen LogP contribution in [-0.4, -0.2) is 56.8 Å². The van der Waals surface area contributed by atoms with Crippen molar-refractivity contribution in [2.75, 3.05) is 44.8 Å². The molecule has 2 aromatic rings. The van der Waals surface area contributed by atoms with E-state index in [-0.39, 0.29) is 25.8 Å². The highest BCUT2D eigenvalue weighted by atomic mass is 18.2. The summed E-state index contributed by atoms with van der Waals surface area (Å²) < 4.78 is 22.6. The summed E-state index contributed by atoms with van der Waals surface area (Å²) in [5, 5.41) is 27.3. The number of benzene rings is 2. The van der Waals surface area contributed by atoms with Gasteiger partial charge in [0.05, 0.1) is 5.56 Å². The van der Waals surface area contributed by atoms with Gasteiger partial charge in [-0.15, -0.1) is 0 Å². The number of rotatable bonds is 12. The average molecular weight is 415 g/mol. The first-order valence-corrected chi connectivity index (χ1v) is 9.46. The minimum absolute atomic E-state index is 0.00571. The van der Waals surface area contributed by atoms with E-state index >= 15 is 0 Å². The van der Waals surface area contributed by atoms with Gasteiger partial charge in [0.2, 0.25) is 0 Å². The molecule has 0 aliphatic heterocycles. The normalized spacial score (nSPS) is 11.2. The van der Waals surface area contributed by atoms with Crippen molar-refractivity contribution >= 4 is 11.7 Å². The summed E-state index contributed by atoms with van der Waals surface area (Å²) in [4.78, 5) is 11.9. The number of alkyl halides is 1. The lowest BCUT2D eigenvalue weighted by Crippen LogP contribution is -2.38. The molecule has 0 saturated heterocycles. The Balaban J connectivity index is 1.57. The second-order valence-electron chi connectivity index (χ2n) is 6.22. The molecule has 0 fully saturated rings. The van der Waals surface area contributed by atoms with E-state index in [2.05, 4.69) is 16.0 Å². The van der Waals surface area contributed by atoms with Gasteiger partial charge in [-0.1, -0.05) is 12.1 Å². The predicted octanol–water partition coefficient (Wildman–Crippen LogP) is 2.06. The molecule has 0 aromatic heterocycles. The topological polar surface area (TPSA) is 116 Å². The Morgan fingerprint density at radius 1 is 1.13 bits per heavy atom. The molecule has 30 heavy (non-hydrogen) atoms. The van der Waals surface area contributed by atoms with Crippen molar-refractivity contribution in [3.8, 4) is 17.6 Å². The number of halogens is 1. The summed E-state index contributed by atoms with van der Waals surface area (Å²) in [5.41, 5.74) is 0.994. The van der Waals surface area contributed by atoms with Crippen molar-refractivity contribution in [3.63, 3.8) is 0 Å². The zero-order chi connectivity index (χ0) is 21.6. The van der Waals surface area contributed by atoms with Crippen LogP contribution < -0.4 is 25.4 Å². The molecular formula is C21H25FN4O4. The summed E-state index contributed by atoms with van der Waals surface area (Å²) >= 11 is 0. The standard InChI is InChI=1S/C21H25FN4O4/c22-9-12-29-19-7-5-17(6-8-19)26-21(28)25-11-10-24-14-18(27)15-30-20-4-2-1-3-16(20)13-23/h1-8,18,24,27H,9-12,14-15H2,(H2,25,26,28)/t18-/m0/s1/i22-1. The number of aliphatic hydroxyl groups is 1. The number of nitrogens with zero attached hydrogens (tertiary/aromatic N) is 1. The van der Waals surface area contributed by atoms with E-state index in [1.54, 1.807) is 48.5 Å². The lowest BCUT2D eigenvalue weighted by Gasteiger charge is -2.14. The number of ether oxygens (including phenoxy) is 2. The molecule has 2 rings (SSSR count). The maximum atomic E-state index is 12.1. The number of carbonyl (C=O) groups is 1. The minimum atomic E-state index is -0.760. The third-order valence-corrected chi connectivity index (χ3v) is 3.86. The third kappa shape index (κ3) is 8.34.